The van der Waals surface area contributed by atoms with E-state index < -0.39 is 0 Å². The Morgan fingerprint density at radius 1 is 1.38 bits per heavy atom. The smallest absolute Gasteiger partial charge is 0.242 e. The van der Waals surface area contributed by atoms with Crippen molar-refractivity contribution in [2.75, 3.05) is 26.7 Å². The Bertz CT molecular complexity index is 265. The molecule has 1 unspecified atom stereocenters. The highest BCUT2D eigenvalue weighted by molar-refractivity contribution is 9.10. The van der Waals surface area contributed by atoms with Gasteiger partial charge in [0.1, 0.15) is 0 Å². The Balaban J connectivity index is 2.40. The number of likely N-dealkylation sites (N-methyl/N-ethyl adjacent to an activating group) is 1. The number of carbonyl (C=O) groups is 2. The maximum absolute atomic E-state index is 11.8. The van der Waals surface area contributed by atoms with E-state index in [1.165, 1.54) is 4.90 Å². The molecule has 1 heterocycles. The molecule has 5 heteroatoms. The molecule has 1 aliphatic rings. The lowest BCUT2D eigenvalue weighted by Gasteiger charge is -2.22. The molecular weight excluding hydrogens is 272 g/mol. The zero-order valence-electron chi connectivity index (χ0n) is 9.91. The number of amides is 2. The van der Waals surface area contributed by atoms with Crippen molar-refractivity contribution in [2.45, 2.75) is 31.0 Å². The molecule has 4 nitrogen and oxygen atoms in total. The lowest BCUT2D eigenvalue weighted by atomic mass is 10.3. The minimum absolute atomic E-state index is 0.0185. The first kappa shape index (κ1) is 13.5. The Labute approximate surface area is 105 Å². The van der Waals surface area contributed by atoms with Gasteiger partial charge in [-0.1, -0.05) is 22.9 Å². The molecule has 16 heavy (non-hydrogen) atoms. The quantitative estimate of drug-likeness (QED) is 0.731. The third-order valence-electron chi connectivity index (χ3n) is 2.83. The van der Waals surface area contributed by atoms with E-state index in [4.69, 9.17) is 0 Å². The van der Waals surface area contributed by atoms with Gasteiger partial charge in [0.15, 0.2) is 0 Å². The van der Waals surface area contributed by atoms with Gasteiger partial charge in [-0.25, -0.2) is 0 Å². The van der Waals surface area contributed by atoms with Crippen molar-refractivity contribution in [3.8, 4) is 0 Å². The maximum atomic E-state index is 11.8. The number of nitrogens with zero attached hydrogens (tertiary/aromatic N) is 2. The van der Waals surface area contributed by atoms with Crippen LogP contribution in [0.15, 0.2) is 0 Å². The minimum Gasteiger partial charge on any atom is -0.341 e. The van der Waals surface area contributed by atoms with E-state index in [1.807, 2.05) is 11.8 Å². The molecule has 0 spiro atoms. The third kappa shape index (κ3) is 3.47. The molecule has 1 saturated heterocycles. The van der Waals surface area contributed by atoms with Gasteiger partial charge in [0.25, 0.3) is 0 Å². The predicted octanol–water partition coefficient (Wildman–Crippen LogP) is 1.24. The first-order valence-electron chi connectivity index (χ1n) is 5.73. The average molecular weight is 291 g/mol. The molecule has 1 atom stereocenters. The summed E-state index contributed by atoms with van der Waals surface area (Å²) in [4.78, 5) is 26.7. The van der Waals surface area contributed by atoms with Crippen LogP contribution in [0.25, 0.3) is 0 Å². The molecule has 0 aromatic heterocycles. The third-order valence-corrected chi connectivity index (χ3v) is 3.87. The number of halogens is 1. The van der Waals surface area contributed by atoms with Crippen LogP contribution in [0.5, 0.6) is 0 Å². The van der Waals surface area contributed by atoms with Gasteiger partial charge in [0.2, 0.25) is 11.8 Å². The molecule has 0 radical (unpaired) electrons. The number of hydrogen-bond donors (Lipinski definition) is 0. The maximum Gasteiger partial charge on any atom is 0.242 e. The minimum atomic E-state index is -0.177. The fraction of sp³-hybridized carbons (Fsp3) is 0.818. The van der Waals surface area contributed by atoms with E-state index in [0.717, 1.165) is 32.4 Å². The summed E-state index contributed by atoms with van der Waals surface area (Å²) in [6.07, 6.45) is 2.90. The monoisotopic (exact) mass is 290 g/mol. The van der Waals surface area contributed by atoms with E-state index >= 15 is 0 Å². The highest BCUT2D eigenvalue weighted by Crippen LogP contribution is 2.10. The van der Waals surface area contributed by atoms with E-state index in [9.17, 15) is 9.59 Å². The first-order chi connectivity index (χ1) is 7.56. The van der Waals surface area contributed by atoms with Crippen LogP contribution >= 0.6 is 15.9 Å². The van der Waals surface area contributed by atoms with Crippen LogP contribution < -0.4 is 0 Å². The SMILES string of the molecule is CCC(Br)C(=O)N(C)CC(=O)N1CCCC1. The van der Waals surface area contributed by atoms with Gasteiger partial charge >= 0.3 is 0 Å². The van der Waals surface area contributed by atoms with Crippen LogP contribution in [-0.4, -0.2) is 53.1 Å². The molecule has 2 amide bonds. The number of rotatable bonds is 4. The molecular formula is C11H19BrN2O2. The van der Waals surface area contributed by atoms with Crippen LogP contribution in [0.1, 0.15) is 26.2 Å². The van der Waals surface area contributed by atoms with Crippen LogP contribution in [0, 0.1) is 0 Å². The summed E-state index contributed by atoms with van der Waals surface area (Å²) in [5, 5.41) is 0. The molecule has 0 aromatic carbocycles. The van der Waals surface area contributed by atoms with Crippen molar-refractivity contribution in [3.63, 3.8) is 0 Å². The fourth-order valence-electron chi connectivity index (χ4n) is 1.76. The summed E-state index contributed by atoms with van der Waals surface area (Å²) < 4.78 is 0. The van der Waals surface area contributed by atoms with Crippen molar-refractivity contribution < 1.29 is 9.59 Å². The molecule has 92 valence electrons. The largest absolute Gasteiger partial charge is 0.341 e. The number of alkyl halides is 1. The summed E-state index contributed by atoms with van der Waals surface area (Å²) in [5.41, 5.74) is 0. The second kappa shape index (κ2) is 6.23. The number of likely N-dealkylation sites (tertiary alicyclic amines) is 1. The van der Waals surface area contributed by atoms with Gasteiger partial charge in [-0.05, 0) is 19.3 Å². The summed E-state index contributed by atoms with van der Waals surface area (Å²) in [7, 11) is 1.68. The number of carbonyl (C=O) groups excluding carboxylic acids is 2. The molecule has 0 aromatic rings. The summed E-state index contributed by atoms with van der Waals surface area (Å²) in [6, 6.07) is 0. The Hall–Kier alpha value is -0.580. The van der Waals surface area contributed by atoms with Crippen LogP contribution in [0.2, 0.25) is 0 Å². The van der Waals surface area contributed by atoms with Gasteiger partial charge in [-0.3, -0.25) is 9.59 Å². The second-order valence-corrected chi connectivity index (χ2v) is 5.26. The molecule has 1 rings (SSSR count). The highest BCUT2D eigenvalue weighted by atomic mass is 79.9. The molecule has 1 fully saturated rings. The molecule has 1 aliphatic heterocycles. The van der Waals surface area contributed by atoms with E-state index in [1.54, 1.807) is 7.05 Å². The van der Waals surface area contributed by atoms with E-state index in [2.05, 4.69) is 15.9 Å². The average Bonchev–Trinajstić information content (AvgIpc) is 2.80. The lowest BCUT2D eigenvalue weighted by molar-refractivity contribution is -0.138. The van der Waals surface area contributed by atoms with Crippen molar-refractivity contribution in [1.82, 2.24) is 9.80 Å². The van der Waals surface area contributed by atoms with Crippen molar-refractivity contribution >= 4 is 27.7 Å². The van der Waals surface area contributed by atoms with Crippen molar-refractivity contribution in [1.29, 1.82) is 0 Å². The summed E-state index contributed by atoms with van der Waals surface area (Å²) in [5.74, 6) is 0.0409. The zero-order valence-corrected chi connectivity index (χ0v) is 11.5. The van der Waals surface area contributed by atoms with Gasteiger partial charge in [0, 0.05) is 20.1 Å². The van der Waals surface area contributed by atoms with E-state index in [0.29, 0.717) is 0 Å². The zero-order chi connectivity index (χ0) is 12.1. The van der Waals surface area contributed by atoms with Gasteiger partial charge < -0.3 is 9.80 Å². The highest BCUT2D eigenvalue weighted by Gasteiger charge is 2.23. The predicted molar refractivity (Wildman–Crippen MR) is 66.5 cm³/mol. The van der Waals surface area contributed by atoms with Gasteiger partial charge in [-0.15, -0.1) is 0 Å². The lowest BCUT2D eigenvalue weighted by Crippen LogP contribution is -2.42. The summed E-state index contributed by atoms with van der Waals surface area (Å²) in [6.45, 7) is 3.81. The van der Waals surface area contributed by atoms with E-state index in [-0.39, 0.29) is 23.2 Å². The Morgan fingerprint density at radius 3 is 2.44 bits per heavy atom. The van der Waals surface area contributed by atoms with Gasteiger partial charge in [0.05, 0.1) is 11.4 Å². The second-order valence-electron chi connectivity index (χ2n) is 4.16. The van der Waals surface area contributed by atoms with Crippen LogP contribution in [0.3, 0.4) is 0 Å². The van der Waals surface area contributed by atoms with Crippen molar-refractivity contribution in [2.24, 2.45) is 0 Å². The van der Waals surface area contributed by atoms with Gasteiger partial charge in [-0.2, -0.15) is 0 Å². The molecule has 0 N–H and O–H groups in total. The van der Waals surface area contributed by atoms with Crippen LogP contribution in [-0.2, 0) is 9.59 Å². The molecule has 0 aliphatic carbocycles. The fourth-order valence-corrected chi connectivity index (χ4v) is 2.11. The van der Waals surface area contributed by atoms with Crippen molar-refractivity contribution in [3.05, 3.63) is 0 Å². The Kier molecular flexibility index (Phi) is 5.25. The molecule has 0 bridgehead atoms. The van der Waals surface area contributed by atoms with Crippen LogP contribution in [0.4, 0.5) is 0 Å². The standard InChI is InChI=1S/C11H19BrN2O2/c1-3-9(12)11(16)13(2)8-10(15)14-6-4-5-7-14/h9H,3-8H2,1-2H3. The Morgan fingerprint density at radius 2 is 1.94 bits per heavy atom. The molecule has 0 saturated carbocycles. The first-order valence-corrected chi connectivity index (χ1v) is 6.64. The summed E-state index contributed by atoms with van der Waals surface area (Å²) >= 11 is 3.30. The normalized spacial score (nSPS) is 17.3. The topological polar surface area (TPSA) is 40.6 Å². The number of hydrogen-bond acceptors (Lipinski definition) is 2.